The van der Waals surface area contributed by atoms with Gasteiger partial charge in [-0.15, -0.1) is 0 Å². The fourth-order valence-electron chi connectivity index (χ4n) is 2.02. The van der Waals surface area contributed by atoms with E-state index in [0.717, 1.165) is 4.47 Å². The maximum atomic E-state index is 3.83. The highest BCUT2D eigenvalue weighted by molar-refractivity contribution is 9.11. The molecule has 2 aromatic carbocycles. The summed E-state index contributed by atoms with van der Waals surface area (Å²) in [6, 6.07) is 10.9. The Kier molecular flexibility index (Phi) is 4.91. The monoisotopic (exact) mass is 444 g/mol. The van der Waals surface area contributed by atoms with Gasteiger partial charge in [-0.25, -0.2) is 0 Å². The Labute approximate surface area is 140 Å². The lowest BCUT2D eigenvalue weighted by atomic mass is 9.98. The number of aryl methyl sites for hydroxylation is 3. The zero-order valence-corrected chi connectivity index (χ0v) is 15.9. The molecule has 1 unspecified atom stereocenters. The van der Waals surface area contributed by atoms with Gasteiger partial charge in [0.25, 0.3) is 0 Å². The topological polar surface area (TPSA) is 0 Å². The Morgan fingerprint density at radius 3 is 2.05 bits per heavy atom. The van der Waals surface area contributed by atoms with Gasteiger partial charge in [-0.1, -0.05) is 66.0 Å². The van der Waals surface area contributed by atoms with Gasteiger partial charge in [-0.3, -0.25) is 0 Å². The van der Waals surface area contributed by atoms with E-state index in [1.807, 2.05) is 0 Å². The first kappa shape index (κ1) is 15.3. The maximum absolute atomic E-state index is 3.83. The van der Waals surface area contributed by atoms with Gasteiger partial charge >= 0.3 is 0 Å². The van der Waals surface area contributed by atoms with Gasteiger partial charge in [0.05, 0.1) is 4.83 Å². The van der Waals surface area contributed by atoms with Crippen molar-refractivity contribution in [2.75, 3.05) is 0 Å². The molecule has 0 heterocycles. The molecule has 0 saturated heterocycles. The summed E-state index contributed by atoms with van der Waals surface area (Å²) in [6.45, 7) is 6.38. The zero-order valence-electron chi connectivity index (χ0n) is 11.1. The minimum atomic E-state index is 0.219. The summed E-state index contributed by atoms with van der Waals surface area (Å²) in [6.07, 6.45) is 0. The number of rotatable bonds is 2. The van der Waals surface area contributed by atoms with E-state index >= 15 is 0 Å². The minimum absolute atomic E-state index is 0.219. The first-order chi connectivity index (χ1) is 8.90. The van der Waals surface area contributed by atoms with Crippen LogP contribution in [0.25, 0.3) is 0 Å². The number of hydrogen-bond donors (Lipinski definition) is 0. The predicted molar refractivity (Wildman–Crippen MR) is 93.3 cm³/mol. The van der Waals surface area contributed by atoms with E-state index in [4.69, 9.17) is 0 Å². The van der Waals surface area contributed by atoms with Crippen LogP contribution in [-0.2, 0) is 0 Å². The molecule has 100 valence electrons. The SMILES string of the molecule is Cc1ccc(C(Br)c2cc(C)c(Br)cc2C)cc1Br. The maximum Gasteiger partial charge on any atom is 0.0647 e. The van der Waals surface area contributed by atoms with E-state index in [1.54, 1.807) is 0 Å². The highest BCUT2D eigenvalue weighted by Gasteiger charge is 2.15. The Bertz CT molecular complexity index is 618. The normalized spacial score (nSPS) is 12.5. The van der Waals surface area contributed by atoms with Crippen LogP contribution in [0.4, 0.5) is 0 Å². The number of benzene rings is 2. The van der Waals surface area contributed by atoms with Crippen molar-refractivity contribution in [1.29, 1.82) is 0 Å². The standard InChI is InChI=1S/C16H15Br3/c1-9-4-5-12(8-15(9)18)16(19)13-6-11(3)14(17)7-10(13)2/h4-8,16H,1-3H3. The van der Waals surface area contributed by atoms with Crippen molar-refractivity contribution in [3.8, 4) is 0 Å². The Morgan fingerprint density at radius 1 is 0.789 bits per heavy atom. The van der Waals surface area contributed by atoms with Crippen LogP contribution in [0.1, 0.15) is 32.6 Å². The largest absolute Gasteiger partial charge is 0.0786 e. The van der Waals surface area contributed by atoms with Crippen molar-refractivity contribution >= 4 is 47.8 Å². The molecule has 0 bridgehead atoms. The van der Waals surface area contributed by atoms with Gasteiger partial charge < -0.3 is 0 Å². The number of halogens is 3. The minimum Gasteiger partial charge on any atom is -0.0786 e. The lowest BCUT2D eigenvalue weighted by molar-refractivity contribution is 1.12. The molecule has 2 rings (SSSR count). The second-order valence-electron chi connectivity index (χ2n) is 4.83. The molecule has 0 radical (unpaired) electrons. The molecule has 0 aliphatic carbocycles. The first-order valence-corrected chi connectivity index (χ1v) is 8.57. The molecule has 0 fully saturated rings. The van der Waals surface area contributed by atoms with Gasteiger partial charge in [0.15, 0.2) is 0 Å². The van der Waals surface area contributed by atoms with Crippen LogP contribution in [0, 0.1) is 20.8 Å². The van der Waals surface area contributed by atoms with Gasteiger partial charge in [-0.05, 0) is 60.7 Å². The van der Waals surface area contributed by atoms with Gasteiger partial charge in [-0.2, -0.15) is 0 Å². The van der Waals surface area contributed by atoms with E-state index in [-0.39, 0.29) is 4.83 Å². The van der Waals surface area contributed by atoms with Crippen LogP contribution in [0.2, 0.25) is 0 Å². The van der Waals surface area contributed by atoms with Gasteiger partial charge in [0.2, 0.25) is 0 Å². The molecule has 0 spiro atoms. The summed E-state index contributed by atoms with van der Waals surface area (Å²) < 4.78 is 2.32. The first-order valence-electron chi connectivity index (χ1n) is 6.07. The van der Waals surface area contributed by atoms with E-state index in [1.165, 1.54) is 32.3 Å². The van der Waals surface area contributed by atoms with Crippen molar-refractivity contribution in [3.63, 3.8) is 0 Å². The molecule has 0 N–H and O–H groups in total. The number of hydrogen-bond acceptors (Lipinski definition) is 0. The summed E-state index contributed by atoms with van der Waals surface area (Å²) in [5.74, 6) is 0. The summed E-state index contributed by atoms with van der Waals surface area (Å²) in [7, 11) is 0. The molecular formula is C16H15Br3. The number of alkyl halides is 1. The van der Waals surface area contributed by atoms with Crippen molar-refractivity contribution in [2.24, 2.45) is 0 Å². The predicted octanol–water partition coefficient (Wildman–Crippen LogP) is 6.62. The molecule has 0 aromatic heterocycles. The molecule has 0 aliphatic rings. The molecular weight excluding hydrogens is 432 g/mol. The summed E-state index contributed by atoms with van der Waals surface area (Å²) in [5.41, 5.74) is 6.39. The highest BCUT2D eigenvalue weighted by Crippen LogP contribution is 2.36. The average molecular weight is 447 g/mol. The molecule has 0 saturated carbocycles. The fraction of sp³-hybridized carbons (Fsp3) is 0.250. The summed E-state index contributed by atoms with van der Waals surface area (Å²) in [4.78, 5) is 0.219. The second kappa shape index (κ2) is 6.11. The van der Waals surface area contributed by atoms with Crippen molar-refractivity contribution in [1.82, 2.24) is 0 Å². The van der Waals surface area contributed by atoms with Gasteiger partial charge in [0.1, 0.15) is 0 Å². The summed E-state index contributed by atoms with van der Waals surface area (Å²) >= 11 is 11.0. The molecule has 3 heteroatoms. The quantitative estimate of drug-likeness (QED) is 0.454. The van der Waals surface area contributed by atoms with Gasteiger partial charge in [0, 0.05) is 8.95 Å². The van der Waals surface area contributed by atoms with E-state index < -0.39 is 0 Å². The van der Waals surface area contributed by atoms with Crippen LogP contribution in [0.5, 0.6) is 0 Å². The zero-order chi connectivity index (χ0) is 14.2. The van der Waals surface area contributed by atoms with Crippen LogP contribution in [0.3, 0.4) is 0 Å². The van der Waals surface area contributed by atoms with Crippen LogP contribution in [0.15, 0.2) is 39.3 Å². The average Bonchev–Trinajstić information content (AvgIpc) is 2.36. The van der Waals surface area contributed by atoms with E-state index in [2.05, 4.69) is 98.9 Å². The highest BCUT2D eigenvalue weighted by atomic mass is 79.9. The third-order valence-electron chi connectivity index (χ3n) is 3.31. The van der Waals surface area contributed by atoms with Crippen molar-refractivity contribution < 1.29 is 0 Å². The van der Waals surface area contributed by atoms with Crippen LogP contribution >= 0.6 is 47.8 Å². The fourth-order valence-corrected chi connectivity index (χ4v) is 3.66. The van der Waals surface area contributed by atoms with E-state index in [9.17, 15) is 0 Å². The Balaban J connectivity index is 2.46. The smallest absolute Gasteiger partial charge is 0.0647 e. The third kappa shape index (κ3) is 3.32. The molecule has 2 aromatic rings. The Morgan fingerprint density at radius 2 is 1.42 bits per heavy atom. The lowest BCUT2D eigenvalue weighted by Crippen LogP contribution is -1.98. The summed E-state index contributed by atoms with van der Waals surface area (Å²) in [5, 5.41) is 0. The molecule has 1 atom stereocenters. The molecule has 0 nitrogen and oxygen atoms in total. The third-order valence-corrected chi connectivity index (χ3v) is 6.04. The molecule has 0 aliphatic heterocycles. The molecule has 19 heavy (non-hydrogen) atoms. The van der Waals surface area contributed by atoms with Crippen LogP contribution in [-0.4, -0.2) is 0 Å². The second-order valence-corrected chi connectivity index (χ2v) is 7.45. The van der Waals surface area contributed by atoms with Crippen LogP contribution < -0.4 is 0 Å². The van der Waals surface area contributed by atoms with E-state index in [0.29, 0.717) is 0 Å². The van der Waals surface area contributed by atoms with Crippen molar-refractivity contribution in [2.45, 2.75) is 25.6 Å². The molecule has 0 amide bonds. The van der Waals surface area contributed by atoms with Crippen molar-refractivity contribution in [3.05, 3.63) is 67.1 Å². The Hall–Kier alpha value is -0.120. The lowest BCUT2D eigenvalue weighted by Gasteiger charge is -2.16.